The number of fused-ring (bicyclic) bond motifs is 1. The molecule has 0 amide bonds. The van der Waals surface area contributed by atoms with E-state index in [0.29, 0.717) is 12.5 Å². The summed E-state index contributed by atoms with van der Waals surface area (Å²) < 4.78 is 2.70. The van der Waals surface area contributed by atoms with Gasteiger partial charge in [0.15, 0.2) is 5.49 Å². The highest BCUT2D eigenvalue weighted by atomic mass is 32.1. The van der Waals surface area contributed by atoms with Gasteiger partial charge >= 0.3 is 4.87 Å². The summed E-state index contributed by atoms with van der Waals surface area (Å²) >= 11 is 1.28. The summed E-state index contributed by atoms with van der Waals surface area (Å²) in [5, 5.41) is 0. The summed E-state index contributed by atoms with van der Waals surface area (Å²) in [6.07, 6.45) is 5.74. The van der Waals surface area contributed by atoms with E-state index in [1.807, 2.05) is 6.08 Å². The van der Waals surface area contributed by atoms with Crippen molar-refractivity contribution in [3.05, 3.63) is 32.0 Å². The van der Waals surface area contributed by atoms with Crippen molar-refractivity contribution in [2.45, 2.75) is 20.4 Å². The highest BCUT2D eigenvalue weighted by Crippen LogP contribution is 1.93. The topological polar surface area (TPSA) is 34.4 Å². The highest BCUT2D eigenvalue weighted by molar-refractivity contribution is 7.07. The van der Waals surface area contributed by atoms with Gasteiger partial charge in [-0.15, -0.1) is 0 Å². The van der Waals surface area contributed by atoms with Crippen LogP contribution in [0.5, 0.6) is 0 Å². The lowest BCUT2D eigenvalue weighted by Gasteiger charge is -1.98. The Hall–Kier alpha value is -1.16. The third-order valence-corrected chi connectivity index (χ3v) is 2.90. The summed E-state index contributed by atoms with van der Waals surface area (Å²) in [7, 11) is 0. The molecular formula is C10H12N2OS. The first-order valence-corrected chi connectivity index (χ1v) is 5.44. The van der Waals surface area contributed by atoms with Crippen LogP contribution in [0, 0.1) is 5.92 Å². The Kier molecular flexibility index (Phi) is 2.37. The Morgan fingerprint density at radius 3 is 3.14 bits per heavy atom. The van der Waals surface area contributed by atoms with Crippen LogP contribution in [0.3, 0.4) is 0 Å². The van der Waals surface area contributed by atoms with Gasteiger partial charge in [0.25, 0.3) is 0 Å². The molecule has 2 rings (SSSR count). The van der Waals surface area contributed by atoms with Gasteiger partial charge in [0.2, 0.25) is 0 Å². The molecule has 0 aromatic carbocycles. The van der Waals surface area contributed by atoms with Gasteiger partial charge in [-0.1, -0.05) is 31.3 Å². The molecule has 0 spiro atoms. The van der Waals surface area contributed by atoms with Crippen molar-refractivity contribution in [2.24, 2.45) is 10.9 Å². The second-order valence-corrected chi connectivity index (χ2v) is 4.58. The largest absolute Gasteiger partial charge is 0.309 e. The third-order valence-electron chi connectivity index (χ3n) is 1.97. The maximum atomic E-state index is 11.5. The van der Waals surface area contributed by atoms with Gasteiger partial charge in [-0.3, -0.25) is 9.36 Å². The normalized spacial score (nSPS) is 15.8. The maximum Gasteiger partial charge on any atom is 0.309 e. The van der Waals surface area contributed by atoms with E-state index in [9.17, 15) is 4.79 Å². The van der Waals surface area contributed by atoms with Crippen molar-refractivity contribution < 1.29 is 0 Å². The second kappa shape index (κ2) is 3.53. The van der Waals surface area contributed by atoms with E-state index in [2.05, 4.69) is 24.9 Å². The first kappa shape index (κ1) is 9.40. The molecule has 3 nitrogen and oxygen atoms in total. The van der Waals surface area contributed by atoms with Crippen LogP contribution in [-0.4, -0.2) is 4.57 Å². The molecule has 1 aromatic heterocycles. The Morgan fingerprint density at radius 1 is 1.64 bits per heavy atom. The molecule has 0 fully saturated rings. The SMILES string of the molecule is CC(C)C=c1sc(=O)n2c1=NC=CC2. The molecule has 2 heterocycles. The van der Waals surface area contributed by atoms with E-state index in [-0.39, 0.29) is 4.87 Å². The summed E-state index contributed by atoms with van der Waals surface area (Å²) in [5.41, 5.74) is 0.816. The zero-order chi connectivity index (χ0) is 10.1. The fourth-order valence-electron chi connectivity index (χ4n) is 1.40. The van der Waals surface area contributed by atoms with Crippen molar-refractivity contribution in [1.29, 1.82) is 0 Å². The summed E-state index contributed by atoms with van der Waals surface area (Å²) in [6, 6.07) is 0. The van der Waals surface area contributed by atoms with Crippen molar-refractivity contribution >= 4 is 17.4 Å². The predicted molar refractivity (Wildman–Crippen MR) is 57.8 cm³/mol. The molecule has 1 aliphatic rings. The highest BCUT2D eigenvalue weighted by Gasteiger charge is 2.05. The molecule has 14 heavy (non-hydrogen) atoms. The molecule has 0 aliphatic carbocycles. The van der Waals surface area contributed by atoms with Gasteiger partial charge < -0.3 is 0 Å². The molecule has 0 unspecified atom stereocenters. The number of hydrogen-bond acceptors (Lipinski definition) is 3. The maximum absolute atomic E-state index is 11.5. The molecule has 0 bridgehead atoms. The minimum atomic E-state index is 0.0833. The van der Waals surface area contributed by atoms with Gasteiger partial charge in [-0.25, -0.2) is 4.99 Å². The Labute approximate surface area is 85.7 Å². The van der Waals surface area contributed by atoms with Crippen molar-refractivity contribution in [1.82, 2.24) is 4.57 Å². The average Bonchev–Trinajstić information content (AvgIpc) is 2.44. The van der Waals surface area contributed by atoms with E-state index in [1.54, 1.807) is 10.8 Å². The van der Waals surface area contributed by atoms with E-state index >= 15 is 0 Å². The fraction of sp³-hybridized carbons (Fsp3) is 0.400. The van der Waals surface area contributed by atoms with E-state index in [1.165, 1.54) is 11.3 Å². The van der Waals surface area contributed by atoms with E-state index in [4.69, 9.17) is 0 Å². The quantitative estimate of drug-likeness (QED) is 0.661. The van der Waals surface area contributed by atoms with Gasteiger partial charge in [0, 0.05) is 12.7 Å². The zero-order valence-electron chi connectivity index (χ0n) is 8.23. The van der Waals surface area contributed by atoms with E-state index in [0.717, 1.165) is 10.0 Å². The third kappa shape index (κ3) is 1.57. The summed E-state index contributed by atoms with van der Waals surface area (Å²) in [4.78, 5) is 15.8. The zero-order valence-corrected chi connectivity index (χ0v) is 9.04. The number of aromatic nitrogens is 1. The number of thiazole rings is 1. The average molecular weight is 208 g/mol. The summed E-state index contributed by atoms with van der Waals surface area (Å²) in [6.45, 7) is 4.85. The Bertz CT molecular complexity index is 533. The van der Waals surface area contributed by atoms with Crippen LogP contribution in [0.1, 0.15) is 13.8 Å². The van der Waals surface area contributed by atoms with Crippen LogP contribution in [0.2, 0.25) is 0 Å². The van der Waals surface area contributed by atoms with Gasteiger partial charge in [-0.05, 0) is 12.0 Å². The minimum absolute atomic E-state index is 0.0833. The molecule has 1 aromatic rings. The second-order valence-electron chi connectivity index (χ2n) is 3.59. The lowest BCUT2D eigenvalue weighted by Crippen LogP contribution is -2.33. The smallest absolute Gasteiger partial charge is 0.279 e. The number of allylic oxidation sites excluding steroid dienone is 1. The fourth-order valence-corrected chi connectivity index (χ4v) is 2.45. The molecule has 0 atom stereocenters. The molecule has 0 saturated heterocycles. The van der Waals surface area contributed by atoms with Crippen LogP contribution < -0.4 is 14.9 Å². The van der Waals surface area contributed by atoms with Crippen LogP contribution in [0.15, 0.2) is 22.1 Å². The molecule has 1 aliphatic heterocycles. The predicted octanol–water partition coefficient (Wildman–Crippen LogP) is 0.493. The van der Waals surface area contributed by atoms with Crippen molar-refractivity contribution in [3.63, 3.8) is 0 Å². The van der Waals surface area contributed by atoms with Crippen LogP contribution in [0.4, 0.5) is 0 Å². The number of nitrogens with zero attached hydrogens (tertiary/aromatic N) is 2. The van der Waals surface area contributed by atoms with Crippen molar-refractivity contribution in [3.8, 4) is 0 Å². The van der Waals surface area contributed by atoms with Crippen LogP contribution in [0.25, 0.3) is 6.08 Å². The summed E-state index contributed by atoms with van der Waals surface area (Å²) in [5.74, 6) is 0.443. The molecule has 4 heteroatoms. The lowest BCUT2D eigenvalue weighted by atomic mass is 10.2. The molecular weight excluding hydrogens is 196 g/mol. The Balaban J connectivity index is 2.77. The number of rotatable bonds is 1. The van der Waals surface area contributed by atoms with Crippen molar-refractivity contribution in [2.75, 3.05) is 0 Å². The molecule has 0 N–H and O–H groups in total. The van der Waals surface area contributed by atoms with Gasteiger partial charge in [-0.2, -0.15) is 0 Å². The molecule has 74 valence electrons. The van der Waals surface area contributed by atoms with E-state index < -0.39 is 0 Å². The Morgan fingerprint density at radius 2 is 2.43 bits per heavy atom. The minimum Gasteiger partial charge on any atom is -0.279 e. The molecule has 0 saturated carbocycles. The van der Waals surface area contributed by atoms with Gasteiger partial charge in [0.05, 0.1) is 4.53 Å². The first-order valence-electron chi connectivity index (χ1n) is 4.63. The first-order chi connectivity index (χ1) is 6.68. The monoisotopic (exact) mass is 208 g/mol. The van der Waals surface area contributed by atoms with Crippen LogP contribution in [-0.2, 0) is 6.54 Å². The standard InChI is InChI=1S/C10H12N2OS/c1-7(2)6-8-9-11-4-3-5-12(9)10(13)14-8/h3-4,6-7H,5H2,1-2H3. The molecule has 0 radical (unpaired) electrons. The van der Waals surface area contributed by atoms with Crippen LogP contribution >= 0.6 is 11.3 Å². The number of hydrogen-bond donors (Lipinski definition) is 0. The lowest BCUT2D eigenvalue weighted by molar-refractivity contribution is 0.733. The van der Waals surface area contributed by atoms with Gasteiger partial charge in [0.1, 0.15) is 0 Å².